The first kappa shape index (κ1) is 21.0. The lowest BCUT2D eigenvalue weighted by Crippen LogP contribution is -2.29. The molecule has 1 aliphatic rings. The maximum atomic E-state index is 12.1. The van der Waals surface area contributed by atoms with Gasteiger partial charge in [-0.3, -0.25) is 14.4 Å². The first-order chi connectivity index (χ1) is 15.6. The molecular weight excluding hydrogens is 402 g/mol. The van der Waals surface area contributed by atoms with Gasteiger partial charge in [0.25, 0.3) is 11.8 Å². The van der Waals surface area contributed by atoms with Crippen molar-refractivity contribution in [3.63, 3.8) is 0 Å². The van der Waals surface area contributed by atoms with E-state index in [1.54, 1.807) is 42.5 Å². The van der Waals surface area contributed by atoms with Gasteiger partial charge in [-0.25, -0.2) is 4.90 Å². The lowest BCUT2D eigenvalue weighted by Gasteiger charge is -2.14. The molecule has 0 radical (unpaired) electrons. The number of amides is 2. The van der Waals surface area contributed by atoms with Crippen molar-refractivity contribution in [3.8, 4) is 5.75 Å². The zero-order valence-electron chi connectivity index (χ0n) is 17.3. The molecule has 3 aromatic rings. The van der Waals surface area contributed by atoms with Gasteiger partial charge in [-0.1, -0.05) is 60.7 Å². The Balaban J connectivity index is 1.26. The number of hydrogen-bond donors (Lipinski definition) is 0. The Morgan fingerprint density at radius 2 is 1.47 bits per heavy atom. The normalized spacial score (nSPS) is 13.2. The number of nitrogens with zero attached hydrogens (tertiary/aromatic N) is 1. The van der Waals surface area contributed by atoms with Gasteiger partial charge in [0, 0.05) is 24.1 Å². The quantitative estimate of drug-likeness (QED) is 0.301. The van der Waals surface area contributed by atoms with E-state index >= 15 is 0 Å². The molecule has 32 heavy (non-hydrogen) atoms. The molecule has 0 spiro atoms. The van der Waals surface area contributed by atoms with E-state index in [1.807, 2.05) is 48.5 Å². The Hall–Kier alpha value is -4.25. The smallest absolute Gasteiger partial charge is 0.258 e. The zero-order valence-corrected chi connectivity index (χ0v) is 17.3. The van der Waals surface area contributed by atoms with Crippen LogP contribution in [0, 0.1) is 0 Å². The van der Waals surface area contributed by atoms with Crippen LogP contribution in [-0.2, 0) is 16.0 Å². The van der Waals surface area contributed by atoms with E-state index < -0.39 is 0 Å². The first-order valence-electron chi connectivity index (χ1n) is 10.3. The number of imide groups is 1. The number of hydrogen-bond acceptors (Lipinski definition) is 4. The highest BCUT2D eigenvalue weighted by Gasteiger charge is 2.24. The van der Waals surface area contributed by atoms with Crippen LogP contribution in [-0.4, -0.2) is 24.2 Å². The van der Waals surface area contributed by atoms with Gasteiger partial charge >= 0.3 is 0 Å². The molecule has 4 rings (SSSR count). The number of anilines is 1. The standard InChI is InChI=1S/C27H21NO4/c29-25(22-4-2-1-3-5-22)15-10-20-6-8-21(9-7-20)18-19-32-24-13-11-23(12-14-24)28-26(30)16-17-27(28)31/h1-17H,18-19H2. The van der Waals surface area contributed by atoms with Gasteiger partial charge in [0.15, 0.2) is 5.78 Å². The Kier molecular flexibility index (Phi) is 6.37. The fourth-order valence-corrected chi connectivity index (χ4v) is 3.30. The topological polar surface area (TPSA) is 63.7 Å². The fourth-order valence-electron chi connectivity index (χ4n) is 3.30. The van der Waals surface area contributed by atoms with Crippen molar-refractivity contribution in [3.05, 3.63) is 114 Å². The molecule has 3 aromatic carbocycles. The third kappa shape index (κ3) is 5.08. The molecule has 0 saturated heterocycles. The number of benzene rings is 3. The van der Waals surface area contributed by atoms with Crippen LogP contribution in [0.1, 0.15) is 21.5 Å². The predicted octanol–water partition coefficient (Wildman–Crippen LogP) is 4.63. The molecule has 5 heteroatoms. The second-order valence-corrected chi connectivity index (χ2v) is 7.24. The van der Waals surface area contributed by atoms with Crippen molar-refractivity contribution >= 4 is 29.4 Å². The number of ether oxygens (including phenoxy) is 1. The summed E-state index contributed by atoms with van der Waals surface area (Å²) in [4.78, 5) is 36.7. The van der Waals surface area contributed by atoms with Crippen LogP contribution in [0.4, 0.5) is 5.69 Å². The molecule has 0 aromatic heterocycles. The van der Waals surface area contributed by atoms with Crippen LogP contribution in [0.3, 0.4) is 0 Å². The average molecular weight is 423 g/mol. The van der Waals surface area contributed by atoms with Gasteiger partial charge in [-0.05, 0) is 41.5 Å². The second-order valence-electron chi connectivity index (χ2n) is 7.24. The minimum atomic E-state index is -0.341. The third-order valence-corrected chi connectivity index (χ3v) is 5.03. The first-order valence-corrected chi connectivity index (χ1v) is 10.3. The van der Waals surface area contributed by atoms with Crippen molar-refractivity contribution in [2.45, 2.75) is 6.42 Å². The molecule has 5 nitrogen and oxygen atoms in total. The van der Waals surface area contributed by atoms with Gasteiger partial charge in [-0.15, -0.1) is 0 Å². The van der Waals surface area contributed by atoms with Gasteiger partial charge in [-0.2, -0.15) is 0 Å². The molecule has 2 amide bonds. The number of carbonyl (C=O) groups excluding carboxylic acids is 3. The van der Waals surface area contributed by atoms with Crippen LogP contribution in [0.15, 0.2) is 97.1 Å². The maximum Gasteiger partial charge on any atom is 0.258 e. The van der Waals surface area contributed by atoms with Crippen LogP contribution in [0.5, 0.6) is 5.75 Å². The van der Waals surface area contributed by atoms with E-state index in [2.05, 4.69) is 0 Å². The zero-order chi connectivity index (χ0) is 22.3. The minimum Gasteiger partial charge on any atom is -0.493 e. The molecule has 0 saturated carbocycles. The second kappa shape index (κ2) is 9.71. The summed E-state index contributed by atoms with van der Waals surface area (Å²) >= 11 is 0. The van der Waals surface area contributed by atoms with Gasteiger partial charge < -0.3 is 4.74 Å². The monoisotopic (exact) mass is 423 g/mol. The van der Waals surface area contributed by atoms with Crippen molar-refractivity contribution in [2.75, 3.05) is 11.5 Å². The fraction of sp³-hybridized carbons (Fsp3) is 0.0741. The number of ketones is 1. The Morgan fingerprint density at radius 3 is 2.12 bits per heavy atom. The average Bonchev–Trinajstić information content (AvgIpc) is 3.17. The van der Waals surface area contributed by atoms with E-state index in [0.717, 1.165) is 22.4 Å². The Morgan fingerprint density at radius 1 is 0.812 bits per heavy atom. The van der Waals surface area contributed by atoms with E-state index in [1.165, 1.54) is 12.2 Å². The minimum absolute atomic E-state index is 0.0242. The lowest BCUT2D eigenvalue weighted by atomic mass is 10.1. The number of rotatable bonds is 8. The largest absolute Gasteiger partial charge is 0.493 e. The highest BCUT2D eigenvalue weighted by Crippen LogP contribution is 2.22. The lowest BCUT2D eigenvalue weighted by molar-refractivity contribution is -0.119. The summed E-state index contributed by atoms with van der Waals surface area (Å²) in [5.74, 6) is -0.0404. The van der Waals surface area contributed by atoms with Crippen LogP contribution in [0.25, 0.3) is 6.08 Å². The Labute approximate surface area is 186 Å². The van der Waals surface area contributed by atoms with Crippen molar-refractivity contribution in [1.82, 2.24) is 0 Å². The molecular formula is C27H21NO4. The molecule has 0 N–H and O–H groups in total. The van der Waals surface area contributed by atoms with E-state index in [0.29, 0.717) is 23.6 Å². The van der Waals surface area contributed by atoms with Gasteiger partial charge in [0.05, 0.1) is 12.3 Å². The summed E-state index contributed by atoms with van der Waals surface area (Å²) in [6.07, 6.45) is 6.63. The van der Waals surface area contributed by atoms with Gasteiger partial charge in [0.2, 0.25) is 0 Å². The molecule has 1 aliphatic heterocycles. The van der Waals surface area contributed by atoms with Crippen molar-refractivity contribution in [1.29, 1.82) is 0 Å². The van der Waals surface area contributed by atoms with Crippen LogP contribution >= 0.6 is 0 Å². The predicted molar refractivity (Wildman–Crippen MR) is 124 cm³/mol. The molecule has 1 heterocycles. The molecule has 0 aliphatic carbocycles. The number of carbonyl (C=O) groups is 3. The molecule has 0 unspecified atom stereocenters. The highest BCUT2D eigenvalue weighted by atomic mass is 16.5. The maximum absolute atomic E-state index is 12.1. The van der Waals surface area contributed by atoms with Crippen molar-refractivity contribution < 1.29 is 19.1 Å². The molecule has 0 atom stereocenters. The molecule has 0 bridgehead atoms. The summed E-state index contributed by atoms with van der Waals surface area (Å²) in [5, 5.41) is 0. The summed E-state index contributed by atoms with van der Waals surface area (Å²) in [5.41, 5.74) is 3.26. The summed E-state index contributed by atoms with van der Waals surface area (Å²) in [6, 6.07) is 24.0. The molecule has 0 fully saturated rings. The van der Waals surface area contributed by atoms with Crippen LogP contribution in [0.2, 0.25) is 0 Å². The van der Waals surface area contributed by atoms with Gasteiger partial charge in [0.1, 0.15) is 5.75 Å². The third-order valence-electron chi connectivity index (χ3n) is 5.03. The SMILES string of the molecule is O=C(C=Cc1ccc(CCOc2ccc(N3C(=O)C=CC3=O)cc2)cc1)c1ccccc1. The van der Waals surface area contributed by atoms with E-state index in [4.69, 9.17) is 4.74 Å². The molecule has 158 valence electrons. The summed E-state index contributed by atoms with van der Waals surface area (Å²) in [6.45, 7) is 0.490. The Bertz CT molecular complexity index is 1160. The summed E-state index contributed by atoms with van der Waals surface area (Å²) < 4.78 is 5.78. The van der Waals surface area contributed by atoms with E-state index in [9.17, 15) is 14.4 Å². The van der Waals surface area contributed by atoms with E-state index in [-0.39, 0.29) is 17.6 Å². The number of allylic oxidation sites excluding steroid dienone is 1. The summed E-state index contributed by atoms with van der Waals surface area (Å²) in [7, 11) is 0. The highest BCUT2D eigenvalue weighted by molar-refractivity contribution is 6.28. The van der Waals surface area contributed by atoms with Crippen LogP contribution < -0.4 is 9.64 Å². The van der Waals surface area contributed by atoms with Crippen molar-refractivity contribution in [2.24, 2.45) is 0 Å².